The molecule has 0 bridgehead atoms. The molecule has 2 aromatic carbocycles. The van der Waals surface area contributed by atoms with Gasteiger partial charge in [-0.05, 0) is 55.6 Å². The van der Waals surface area contributed by atoms with Crippen molar-refractivity contribution < 1.29 is 19.0 Å². The van der Waals surface area contributed by atoms with Crippen molar-refractivity contribution in [1.82, 2.24) is 20.1 Å². The van der Waals surface area contributed by atoms with Crippen LogP contribution in [0.15, 0.2) is 68.9 Å². The quantitative estimate of drug-likeness (QED) is 0.184. The van der Waals surface area contributed by atoms with Gasteiger partial charge in [0.1, 0.15) is 17.2 Å². The number of nitrogens with zero attached hydrogens (tertiary/aromatic N) is 5. The highest BCUT2D eigenvalue weighted by molar-refractivity contribution is 9.10. The minimum absolute atomic E-state index is 0.0150. The smallest absolute Gasteiger partial charge is 0.275 e. The molecule has 9 nitrogen and oxygen atoms in total. The first-order chi connectivity index (χ1) is 17.2. The van der Waals surface area contributed by atoms with Crippen LogP contribution in [-0.2, 0) is 18.4 Å². The topological polar surface area (TPSA) is 118 Å². The zero-order valence-corrected chi connectivity index (χ0v) is 21.5. The standard InChI is InChI=1S/C25H24BrFN6O3/c1-25(2,3)21-13-20(33(29-21)14-15-7-5-4-6-8-15)24(34)28-23-22(31-36-32-23)19(30-35)12-16-9-10-18(27)17(26)11-16/h4-11,13,35H,12,14H2,1-3H3,(H,28,32,34)/b30-19+. The number of rotatable bonds is 7. The molecule has 0 fully saturated rings. The molecule has 0 aliphatic carbocycles. The summed E-state index contributed by atoms with van der Waals surface area (Å²) >= 11 is 3.14. The average molecular weight is 555 g/mol. The first-order valence-electron chi connectivity index (χ1n) is 11.1. The largest absolute Gasteiger partial charge is 0.411 e. The molecule has 186 valence electrons. The molecule has 0 aliphatic rings. The van der Waals surface area contributed by atoms with Crippen molar-refractivity contribution in [3.8, 4) is 0 Å². The van der Waals surface area contributed by atoms with Crippen molar-refractivity contribution in [2.24, 2.45) is 5.16 Å². The number of carbonyl (C=O) groups is 1. The molecule has 36 heavy (non-hydrogen) atoms. The van der Waals surface area contributed by atoms with Gasteiger partial charge < -0.3 is 10.5 Å². The lowest BCUT2D eigenvalue weighted by Crippen LogP contribution is -2.20. The van der Waals surface area contributed by atoms with Gasteiger partial charge in [0.15, 0.2) is 5.69 Å². The summed E-state index contributed by atoms with van der Waals surface area (Å²) in [6.45, 7) is 6.44. The Morgan fingerprint density at radius 1 is 1.14 bits per heavy atom. The van der Waals surface area contributed by atoms with Crippen LogP contribution in [0.4, 0.5) is 10.2 Å². The highest BCUT2D eigenvalue weighted by Gasteiger charge is 2.26. The number of hydrogen-bond donors (Lipinski definition) is 2. The van der Waals surface area contributed by atoms with E-state index in [4.69, 9.17) is 4.63 Å². The van der Waals surface area contributed by atoms with E-state index in [0.29, 0.717) is 17.8 Å². The van der Waals surface area contributed by atoms with Gasteiger partial charge in [-0.1, -0.05) is 62.3 Å². The number of anilines is 1. The van der Waals surface area contributed by atoms with Crippen LogP contribution in [0.25, 0.3) is 0 Å². The Hall–Kier alpha value is -3.86. The fraction of sp³-hybridized carbons (Fsp3) is 0.240. The molecule has 2 aromatic heterocycles. The van der Waals surface area contributed by atoms with Crippen LogP contribution in [0.1, 0.15) is 53.8 Å². The van der Waals surface area contributed by atoms with Gasteiger partial charge in [0, 0.05) is 11.8 Å². The summed E-state index contributed by atoms with van der Waals surface area (Å²) in [6.07, 6.45) is 0.0899. The molecule has 0 atom stereocenters. The minimum atomic E-state index is -0.479. The number of amides is 1. The van der Waals surface area contributed by atoms with Crippen molar-refractivity contribution in [1.29, 1.82) is 0 Å². The molecule has 2 heterocycles. The van der Waals surface area contributed by atoms with Crippen LogP contribution in [-0.4, -0.2) is 36.9 Å². The van der Waals surface area contributed by atoms with Crippen molar-refractivity contribution in [2.45, 2.75) is 39.2 Å². The molecule has 4 rings (SSSR count). The molecule has 0 saturated carbocycles. The highest BCUT2D eigenvalue weighted by Crippen LogP contribution is 2.24. The van der Waals surface area contributed by atoms with E-state index in [9.17, 15) is 14.4 Å². The minimum Gasteiger partial charge on any atom is -0.411 e. The molecule has 0 saturated heterocycles. The van der Waals surface area contributed by atoms with Gasteiger partial charge in [-0.2, -0.15) is 5.10 Å². The van der Waals surface area contributed by atoms with Crippen molar-refractivity contribution in [2.75, 3.05) is 5.32 Å². The van der Waals surface area contributed by atoms with E-state index in [1.807, 2.05) is 51.1 Å². The summed E-state index contributed by atoms with van der Waals surface area (Å²) in [6, 6.07) is 15.8. The molecule has 0 spiro atoms. The van der Waals surface area contributed by atoms with Gasteiger partial charge in [0.2, 0.25) is 5.82 Å². The lowest BCUT2D eigenvalue weighted by atomic mass is 9.92. The Kier molecular flexibility index (Phi) is 7.30. The lowest BCUT2D eigenvalue weighted by molar-refractivity contribution is 0.101. The summed E-state index contributed by atoms with van der Waals surface area (Å²) in [5.41, 5.74) is 2.56. The molecule has 1 amide bonds. The molecular formula is C25H24BrFN6O3. The van der Waals surface area contributed by atoms with E-state index < -0.39 is 11.7 Å². The van der Waals surface area contributed by atoms with Crippen LogP contribution in [0.3, 0.4) is 0 Å². The number of hydrogen-bond acceptors (Lipinski definition) is 7. The molecule has 2 N–H and O–H groups in total. The summed E-state index contributed by atoms with van der Waals surface area (Å²) in [4.78, 5) is 13.3. The fourth-order valence-corrected chi connectivity index (χ4v) is 3.91. The molecule has 0 radical (unpaired) electrons. The van der Waals surface area contributed by atoms with Crippen molar-refractivity contribution >= 4 is 33.4 Å². The molecule has 0 aliphatic heterocycles. The zero-order valence-electron chi connectivity index (χ0n) is 19.9. The summed E-state index contributed by atoms with van der Waals surface area (Å²) < 4.78 is 20.3. The Labute approximate surface area is 215 Å². The van der Waals surface area contributed by atoms with Gasteiger partial charge in [0.25, 0.3) is 5.91 Å². The Bertz CT molecular complexity index is 1410. The van der Waals surface area contributed by atoms with Crippen LogP contribution >= 0.6 is 15.9 Å². The number of carbonyl (C=O) groups excluding carboxylic acids is 1. The maximum Gasteiger partial charge on any atom is 0.275 e. The predicted molar refractivity (Wildman–Crippen MR) is 135 cm³/mol. The van der Waals surface area contributed by atoms with E-state index in [0.717, 1.165) is 11.3 Å². The summed E-state index contributed by atoms with van der Waals surface area (Å²) in [5, 5.41) is 27.9. The number of halogens is 2. The van der Waals surface area contributed by atoms with Gasteiger partial charge in [-0.15, -0.1) is 0 Å². The third-order valence-electron chi connectivity index (χ3n) is 5.43. The fourth-order valence-electron chi connectivity index (χ4n) is 3.48. The van der Waals surface area contributed by atoms with Gasteiger partial charge in [-0.25, -0.2) is 9.02 Å². The second-order valence-electron chi connectivity index (χ2n) is 9.20. The average Bonchev–Trinajstić information content (AvgIpc) is 3.47. The van der Waals surface area contributed by atoms with Crippen LogP contribution < -0.4 is 5.32 Å². The SMILES string of the molecule is CC(C)(C)c1cc(C(=O)Nc2nonc2/C(Cc2ccc(F)c(Br)c2)=N/O)n(Cc2ccccc2)n1. The number of benzene rings is 2. The number of aromatic nitrogens is 4. The maximum atomic E-state index is 13.6. The van der Waals surface area contributed by atoms with Gasteiger partial charge in [-0.3, -0.25) is 9.48 Å². The second-order valence-corrected chi connectivity index (χ2v) is 10.0. The van der Waals surface area contributed by atoms with Crippen LogP contribution in [0, 0.1) is 5.82 Å². The monoisotopic (exact) mass is 554 g/mol. The Morgan fingerprint density at radius 3 is 2.56 bits per heavy atom. The predicted octanol–water partition coefficient (Wildman–Crippen LogP) is 5.19. The third kappa shape index (κ3) is 5.68. The van der Waals surface area contributed by atoms with Crippen molar-refractivity contribution in [3.63, 3.8) is 0 Å². The van der Waals surface area contributed by atoms with E-state index >= 15 is 0 Å². The number of oxime groups is 1. The summed E-state index contributed by atoms with van der Waals surface area (Å²) in [5.74, 6) is -0.912. The molecule has 11 heteroatoms. The number of nitrogens with one attached hydrogen (secondary N) is 1. The van der Waals surface area contributed by atoms with E-state index in [2.05, 4.69) is 41.8 Å². The molecular weight excluding hydrogens is 531 g/mol. The maximum absolute atomic E-state index is 13.6. The Balaban J connectivity index is 1.60. The zero-order chi connectivity index (χ0) is 25.9. The first-order valence-corrected chi connectivity index (χ1v) is 11.9. The molecule has 4 aromatic rings. The van der Waals surface area contributed by atoms with Crippen LogP contribution in [0.2, 0.25) is 0 Å². The van der Waals surface area contributed by atoms with Gasteiger partial charge in [0.05, 0.1) is 16.7 Å². The third-order valence-corrected chi connectivity index (χ3v) is 6.03. The van der Waals surface area contributed by atoms with E-state index in [1.165, 1.54) is 6.07 Å². The van der Waals surface area contributed by atoms with Crippen molar-refractivity contribution in [3.05, 3.63) is 93.1 Å². The van der Waals surface area contributed by atoms with Crippen LogP contribution in [0.5, 0.6) is 0 Å². The summed E-state index contributed by atoms with van der Waals surface area (Å²) in [7, 11) is 0. The molecule has 0 unspecified atom stereocenters. The normalized spacial score (nSPS) is 12.1. The van der Waals surface area contributed by atoms with E-state index in [1.54, 1.807) is 22.9 Å². The highest BCUT2D eigenvalue weighted by atomic mass is 79.9. The second kappa shape index (κ2) is 10.4. The Morgan fingerprint density at radius 2 is 1.89 bits per heavy atom. The first kappa shape index (κ1) is 25.2. The van der Waals surface area contributed by atoms with E-state index in [-0.39, 0.29) is 33.5 Å². The lowest BCUT2D eigenvalue weighted by Gasteiger charge is -2.14. The van der Waals surface area contributed by atoms with Gasteiger partial charge >= 0.3 is 0 Å².